The molecule has 14 heteroatoms. The van der Waals surface area contributed by atoms with Crippen molar-refractivity contribution in [1.82, 2.24) is 25.1 Å². The predicted molar refractivity (Wildman–Crippen MR) is 244 cm³/mol. The number of carbonyl (C=O) groups excluding carboxylic acids is 2. The highest BCUT2D eigenvalue weighted by Crippen LogP contribution is 2.55. The Kier molecular flexibility index (Phi) is 11.2. The van der Waals surface area contributed by atoms with Gasteiger partial charge in [0.15, 0.2) is 0 Å². The molecule has 3 aliphatic rings. The number of nitrogens with zero attached hydrogens (tertiary/aromatic N) is 7. The van der Waals surface area contributed by atoms with Gasteiger partial charge in [0.1, 0.15) is 17.5 Å². The first kappa shape index (κ1) is 42.0. The highest BCUT2D eigenvalue weighted by Gasteiger charge is 2.64. The van der Waals surface area contributed by atoms with Crippen LogP contribution in [0.1, 0.15) is 81.1 Å². The summed E-state index contributed by atoms with van der Waals surface area (Å²) in [5.41, 5.74) is 13.5. The SMILES string of the molecule is CN=C/C(=C\N)c1nn(CC2CCN(c3ncc(C(=O)NC4C(C)(C)C(Oc5ccc(C#N)c(C)c5)C4(C)C)cn3)CC2)c2ccc(-c3cccc4c3N[C@H](C)CC(=O)N4)cc12. The number of hydrogen-bond acceptors (Lipinski definition) is 11. The van der Waals surface area contributed by atoms with Gasteiger partial charge >= 0.3 is 0 Å². The van der Waals surface area contributed by atoms with Crippen molar-refractivity contribution in [3.05, 3.63) is 95.6 Å². The summed E-state index contributed by atoms with van der Waals surface area (Å²) in [4.78, 5) is 41.8. The molecule has 0 bridgehead atoms. The quantitative estimate of drug-likeness (QED) is 0.104. The molecule has 0 unspecified atom stereocenters. The van der Waals surface area contributed by atoms with Gasteiger partial charge in [-0.3, -0.25) is 19.3 Å². The molecule has 1 saturated carbocycles. The van der Waals surface area contributed by atoms with E-state index in [0.29, 0.717) is 35.2 Å². The van der Waals surface area contributed by atoms with Gasteiger partial charge in [0, 0.05) is 97.3 Å². The Morgan fingerprint density at radius 2 is 1.82 bits per heavy atom. The first-order valence-corrected chi connectivity index (χ1v) is 21.3. The molecule has 2 aromatic heterocycles. The number of carbonyl (C=O) groups is 2. The molecule has 5 N–H and O–H groups in total. The number of ether oxygens (including phenoxy) is 1. The molecule has 3 aromatic carbocycles. The van der Waals surface area contributed by atoms with Crippen molar-refractivity contribution in [1.29, 1.82) is 5.26 Å². The van der Waals surface area contributed by atoms with Gasteiger partial charge in [-0.15, -0.1) is 0 Å². The third-order valence-corrected chi connectivity index (χ3v) is 12.9. The van der Waals surface area contributed by atoms with Crippen LogP contribution in [0.15, 0.2) is 78.2 Å². The van der Waals surface area contributed by atoms with Gasteiger partial charge in [-0.05, 0) is 80.1 Å². The number of fused-ring (bicyclic) bond motifs is 2. The highest BCUT2D eigenvalue weighted by molar-refractivity contribution is 6.14. The normalized spacial score (nSPS) is 21.0. The number of amides is 2. The molecule has 4 heterocycles. The van der Waals surface area contributed by atoms with Crippen LogP contribution in [0.2, 0.25) is 0 Å². The average Bonchev–Trinajstić information content (AvgIpc) is 3.52. The van der Waals surface area contributed by atoms with Crippen molar-refractivity contribution in [2.24, 2.45) is 27.5 Å². The van der Waals surface area contributed by atoms with Gasteiger partial charge in [-0.25, -0.2) is 9.97 Å². The number of benzene rings is 3. The van der Waals surface area contributed by atoms with Gasteiger partial charge in [0.25, 0.3) is 5.91 Å². The van der Waals surface area contributed by atoms with Gasteiger partial charge in [-0.2, -0.15) is 10.4 Å². The lowest BCUT2D eigenvalue weighted by Gasteiger charge is -2.63. The Morgan fingerprint density at radius 3 is 2.50 bits per heavy atom. The molecular weight excluding hydrogens is 779 g/mol. The third-order valence-electron chi connectivity index (χ3n) is 12.9. The number of piperidine rings is 1. The number of aryl methyl sites for hydroxylation is 1. The zero-order chi connectivity index (χ0) is 43.9. The maximum Gasteiger partial charge on any atom is 0.254 e. The van der Waals surface area contributed by atoms with Gasteiger partial charge < -0.3 is 31.3 Å². The number of nitriles is 1. The van der Waals surface area contributed by atoms with Gasteiger partial charge in [-0.1, -0.05) is 45.9 Å². The zero-order valence-electron chi connectivity index (χ0n) is 36.5. The third kappa shape index (κ3) is 7.83. The molecular formula is C48H55N11O3. The molecule has 5 aromatic rings. The Balaban J connectivity index is 0.927. The minimum absolute atomic E-state index is 0.0100. The fourth-order valence-electron chi connectivity index (χ4n) is 10.00. The van der Waals surface area contributed by atoms with E-state index in [0.717, 1.165) is 82.7 Å². The fraction of sp³-hybridized carbons (Fsp3) is 0.396. The van der Waals surface area contributed by atoms with E-state index in [1.54, 1.807) is 37.9 Å². The Hall–Kier alpha value is -6.75. The van der Waals surface area contributed by atoms with Crippen LogP contribution in [-0.2, 0) is 11.3 Å². The summed E-state index contributed by atoms with van der Waals surface area (Å²) in [6.45, 7) is 14.6. The van der Waals surface area contributed by atoms with Gasteiger partial charge in [0.05, 0.1) is 34.1 Å². The number of para-hydroxylation sites is 1. The molecule has 1 saturated heterocycles. The van der Waals surface area contributed by atoms with E-state index >= 15 is 0 Å². The lowest BCUT2D eigenvalue weighted by atomic mass is 9.49. The van der Waals surface area contributed by atoms with Crippen molar-refractivity contribution in [3.63, 3.8) is 0 Å². The number of allylic oxidation sites excluding steroid dienone is 1. The van der Waals surface area contributed by atoms with Crippen molar-refractivity contribution < 1.29 is 14.3 Å². The Bertz CT molecular complexity index is 2610. The van der Waals surface area contributed by atoms with E-state index in [2.05, 4.69) is 98.5 Å². The second-order valence-electron chi connectivity index (χ2n) is 18.1. The molecule has 62 heavy (non-hydrogen) atoms. The van der Waals surface area contributed by atoms with E-state index in [1.807, 2.05) is 38.1 Å². The van der Waals surface area contributed by atoms with E-state index < -0.39 is 0 Å². The summed E-state index contributed by atoms with van der Waals surface area (Å²) in [5, 5.41) is 25.3. The Labute approximate surface area is 362 Å². The minimum atomic E-state index is -0.356. The molecule has 2 amide bonds. The van der Waals surface area contributed by atoms with E-state index in [4.69, 9.17) is 15.6 Å². The van der Waals surface area contributed by atoms with Crippen LogP contribution in [-0.4, -0.2) is 76.1 Å². The molecule has 2 fully saturated rings. The molecule has 0 radical (unpaired) electrons. The van der Waals surface area contributed by atoms with Crippen LogP contribution in [0, 0.1) is 35.0 Å². The summed E-state index contributed by atoms with van der Waals surface area (Å²) in [5.74, 6) is 1.45. The number of nitrogens with two attached hydrogens (primary N) is 1. The maximum absolute atomic E-state index is 13.6. The topological polar surface area (TPSA) is 188 Å². The predicted octanol–water partition coefficient (Wildman–Crippen LogP) is 7.34. The average molecular weight is 834 g/mol. The lowest BCUT2D eigenvalue weighted by molar-refractivity contribution is -0.164. The van der Waals surface area contributed by atoms with Crippen molar-refractivity contribution in [2.75, 3.05) is 35.7 Å². The number of rotatable bonds is 10. The second kappa shape index (κ2) is 16.6. The van der Waals surface area contributed by atoms with E-state index in [9.17, 15) is 14.9 Å². The summed E-state index contributed by atoms with van der Waals surface area (Å²) < 4.78 is 8.56. The number of hydrogen-bond donors (Lipinski definition) is 4. The molecule has 0 spiro atoms. The summed E-state index contributed by atoms with van der Waals surface area (Å²) >= 11 is 0. The number of aliphatic imine (C=N–C) groups is 1. The molecule has 1 aliphatic carbocycles. The summed E-state index contributed by atoms with van der Waals surface area (Å²) in [6.07, 6.45) is 8.58. The first-order valence-electron chi connectivity index (χ1n) is 21.3. The monoisotopic (exact) mass is 833 g/mol. The van der Waals surface area contributed by atoms with E-state index in [1.165, 1.54) is 0 Å². The zero-order valence-corrected chi connectivity index (χ0v) is 36.5. The smallest absolute Gasteiger partial charge is 0.254 e. The molecule has 1 atom stereocenters. The summed E-state index contributed by atoms with van der Waals surface area (Å²) in [6, 6.07) is 19.9. The van der Waals surface area contributed by atoms with E-state index in [-0.39, 0.29) is 40.8 Å². The molecule has 320 valence electrons. The van der Waals surface area contributed by atoms with Crippen LogP contribution < -0.4 is 31.3 Å². The summed E-state index contributed by atoms with van der Waals surface area (Å²) in [7, 11) is 1.72. The number of nitrogens with one attached hydrogen (secondary N) is 3. The van der Waals surface area contributed by atoms with Crippen LogP contribution in [0.3, 0.4) is 0 Å². The van der Waals surface area contributed by atoms with Crippen LogP contribution in [0.25, 0.3) is 27.6 Å². The molecule has 14 nitrogen and oxygen atoms in total. The standard InChI is InChI=1S/C48H55N11O3/c1-28-19-35(13-11-32(28)22-49)62-45-47(3,4)44(48(45,5)6)56-43(61)34-25-52-46(53-26-34)58-17-15-30(16-18-58)27-59-39-14-12-31(21-37(39)41(57-59)33(23-50)24-51-7)36-9-8-10-38-42(36)54-29(2)20-40(60)55-38/h8-14,19,21,23-26,29-30,44-45,54H,15-18,20,27,50H2,1-7H3,(H,55,60)(H,56,61)/b33-23+,51-24?/t29-,44?,45?/m1/s1. The number of anilines is 3. The molecule has 8 rings (SSSR count). The second-order valence-corrected chi connectivity index (χ2v) is 18.1. The lowest BCUT2D eigenvalue weighted by Crippen LogP contribution is -2.74. The minimum Gasteiger partial charge on any atom is -0.489 e. The largest absolute Gasteiger partial charge is 0.489 e. The highest BCUT2D eigenvalue weighted by atomic mass is 16.5. The van der Waals surface area contributed by atoms with Crippen LogP contribution in [0.5, 0.6) is 5.75 Å². The maximum atomic E-state index is 13.6. The van der Waals surface area contributed by atoms with Crippen LogP contribution in [0.4, 0.5) is 17.3 Å². The Morgan fingerprint density at radius 1 is 1.08 bits per heavy atom. The fourth-order valence-corrected chi connectivity index (χ4v) is 10.00. The number of aromatic nitrogens is 4. The van der Waals surface area contributed by atoms with Crippen LogP contribution >= 0.6 is 0 Å². The van der Waals surface area contributed by atoms with Gasteiger partial charge in [0.2, 0.25) is 11.9 Å². The van der Waals surface area contributed by atoms with Crippen molar-refractivity contribution >= 4 is 51.8 Å². The van der Waals surface area contributed by atoms with Crippen molar-refractivity contribution in [2.45, 2.75) is 85.5 Å². The first-order chi connectivity index (χ1) is 29.7. The molecule has 2 aliphatic heterocycles. The van der Waals surface area contributed by atoms with Crippen molar-refractivity contribution in [3.8, 4) is 22.9 Å².